The van der Waals surface area contributed by atoms with Gasteiger partial charge in [0.1, 0.15) is 5.82 Å². The van der Waals surface area contributed by atoms with Gasteiger partial charge in [-0.05, 0) is 44.4 Å². The molecule has 1 aromatic rings. The van der Waals surface area contributed by atoms with Gasteiger partial charge in [-0.25, -0.2) is 4.98 Å². The topological polar surface area (TPSA) is 113 Å². The van der Waals surface area contributed by atoms with Gasteiger partial charge in [0.15, 0.2) is 0 Å². The minimum absolute atomic E-state index is 0.191. The first-order valence-electron chi connectivity index (χ1n) is 8.93. The molecule has 1 heterocycles. The molecule has 132 valence electrons. The standard InChI is InChI=1S/C17H27N5O2/c1-2-10-7-12(8-10)20-16-14(15(18)24)9-19-17(22-16)21-11-3-5-13(23)6-4-11/h9-13,23H,2-8H2,1H3,(H2,18,24)(H2,19,20,21,22). The van der Waals surface area contributed by atoms with Crippen molar-refractivity contribution in [1.29, 1.82) is 0 Å². The van der Waals surface area contributed by atoms with E-state index < -0.39 is 5.91 Å². The van der Waals surface area contributed by atoms with Crippen LogP contribution in [0, 0.1) is 5.92 Å². The summed E-state index contributed by atoms with van der Waals surface area (Å²) in [6, 6.07) is 0.606. The Kier molecular flexibility index (Phi) is 5.18. The van der Waals surface area contributed by atoms with Crippen molar-refractivity contribution in [3.8, 4) is 0 Å². The summed E-state index contributed by atoms with van der Waals surface area (Å²) in [7, 11) is 0. The third kappa shape index (κ3) is 3.95. The summed E-state index contributed by atoms with van der Waals surface area (Å²) in [5.74, 6) is 1.27. The molecule has 3 rings (SSSR count). The number of aromatic nitrogens is 2. The summed E-state index contributed by atoms with van der Waals surface area (Å²) < 4.78 is 0. The molecule has 2 saturated carbocycles. The number of rotatable bonds is 6. The van der Waals surface area contributed by atoms with Crippen LogP contribution in [0.25, 0.3) is 0 Å². The highest BCUT2D eigenvalue weighted by Crippen LogP contribution is 2.33. The molecule has 0 bridgehead atoms. The van der Waals surface area contributed by atoms with Crippen LogP contribution < -0.4 is 16.4 Å². The van der Waals surface area contributed by atoms with Gasteiger partial charge in [-0.2, -0.15) is 4.98 Å². The lowest BCUT2D eigenvalue weighted by molar-refractivity contribution is 0.1000. The van der Waals surface area contributed by atoms with Crippen LogP contribution in [-0.4, -0.2) is 39.2 Å². The lowest BCUT2D eigenvalue weighted by Crippen LogP contribution is -2.36. The summed E-state index contributed by atoms with van der Waals surface area (Å²) in [5, 5.41) is 16.2. The number of amides is 1. The number of nitrogens with one attached hydrogen (secondary N) is 2. The molecular formula is C17H27N5O2. The molecule has 0 atom stereocenters. The van der Waals surface area contributed by atoms with Crippen molar-refractivity contribution in [3.05, 3.63) is 11.8 Å². The van der Waals surface area contributed by atoms with E-state index in [1.807, 2.05) is 0 Å². The second-order valence-corrected chi connectivity index (χ2v) is 7.06. The Morgan fingerprint density at radius 3 is 2.58 bits per heavy atom. The fourth-order valence-electron chi connectivity index (χ4n) is 3.52. The van der Waals surface area contributed by atoms with Crippen molar-refractivity contribution in [2.24, 2.45) is 11.7 Å². The second-order valence-electron chi connectivity index (χ2n) is 7.06. The zero-order valence-electron chi connectivity index (χ0n) is 14.2. The molecule has 0 spiro atoms. The van der Waals surface area contributed by atoms with Gasteiger partial charge >= 0.3 is 0 Å². The molecular weight excluding hydrogens is 306 g/mol. The Balaban J connectivity index is 1.67. The first kappa shape index (κ1) is 17.0. The fraction of sp³-hybridized carbons (Fsp3) is 0.706. The van der Waals surface area contributed by atoms with Crippen molar-refractivity contribution in [3.63, 3.8) is 0 Å². The van der Waals surface area contributed by atoms with Crippen LogP contribution in [0.4, 0.5) is 11.8 Å². The minimum Gasteiger partial charge on any atom is -0.393 e. The summed E-state index contributed by atoms with van der Waals surface area (Å²) in [6.45, 7) is 2.20. The van der Waals surface area contributed by atoms with E-state index in [4.69, 9.17) is 5.73 Å². The zero-order chi connectivity index (χ0) is 17.1. The maximum absolute atomic E-state index is 11.6. The van der Waals surface area contributed by atoms with Gasteiger partial charge in [-0.15, -0.1) is 0 Å². The second kappa shape index (κ2) is 7.34. The van der Waals surface area contributed by atoms with Crippen LogP contribution in [-0.2, 0) is 0 Å². The van der Waals surface area contributed by atoms with E-state index in [1.54, 1.807) is 0 Å². The molecule has 2 aliphatic rings. The van der Waals surface area contributed by atoms with Crippen LogP contribution in [0.5, 0.6) is 0 Å². The minimum atomic E-state index is -0.517. The first-order chi connectivity index (χ1) is 11.5. The van der Waals surface area contributed by atoms with Gasteiger partial charge in [0.05, 0.1) is 11.7 Å². The van der Waals surface area contributed by atoms with Crippen molar-refractivity contribution >= 4 is 17.7 Å². The Morgan fingerprint density at radius 2 is 1.96 bits per heavy atom. The van der Waals surface area contributed by atoms with Crippen LogP contribution in [0.2, 0.25) is 0 Å². The smallest absolute Gasteiger partial charge is 0.254 e. The quantitative estimate of drug-likeness (QED) is 0.632. The molecule has 1 amide bonds. The molecule has 0 saturated heterocycles. The lowest BCUT2D eigenvalue weighted by atomic mass is 9.78. The Bertz CT molecular complexity index is 580. The highest BCUT2D eigenvalue weighted by molar-refractivity contribution is 5.97. The Morgan fingerprint density at radius 1 is 1.25 bits per heavy atom. The maximum Gasteiger partial charge on any atom is 0.254 e. The number of anilines is 2. The number of primary amides is 1. The van der Waals surface area contributed by atoms with Crippen molar-refractivity contribution in [2.45, 2.75) is 70.1 Å². The zero-order valence-corrected chi connectivity index (χ0v) is 14.2. The van der Waals surface area contributed by atoms with E-state index in [0.29, 0.717) is 23.4 Å². The third-order valence-corrected chi connectivity index (χ3v) is 5.24. The van der Waals surface area contributed by atoms with Gasteiger partial charge in [-0.3, -0.25) is 4.79 Å². The summed E-state index contributed by atoms with van der Waals surface area (Å²) >= 11 is 0. The van der Waals surface area contributed by atoms with Crippen molar-refractivity contribution in [1.82, 2.24) is 9.97 Å². The predicted molar refractivity (Wildman–Crippen MR) is 92.9 cm³/mol. The van der Waals surface area contributed by atoms with Crippen LogP contribution >= 0.6 is 0 Å². The van der Waals surface area contributed by atoms with Crippen molar-refractivity contribution in [2.75, 3.05) is 10.6 Å². The van der Waals surface area contributed by atoms with Gasteiger partial charge < -0.3 is 21.5 Å². The Labute approximate surface area is 142 Å². The van der Waals surface area contributed by atoms with E-state index in [-0.39, 0.29) is 12.1 Å². The number of carbonyl (C=O) groups is 1. The van der Waals surface area contributed by atoms with Gasteiger partial charge in [0, 0.05) is 18.3 Å². The normalized spacial score (nSPS) is 29.6. The monoisotopic (exact) mass is 333 g/mol. The molecule has 0 aromatic carbocycles. The van der Waals surface area contributed by atoms with E-state index in [0.717, 1.165) is 44.4 Å². The molecule has 0 unspecified atom stereocenters. The molecule has 7 nitrogen and oxygen atoms in total. The number of hydrogen-bond donors (Lipinski definition) is 4. The van der Waals surface area contributed by atoms with Gasteiger partial charge in [0.25, 0.3) is 5.91 Å². The highest BCUT2D eigenvalue weighted by atomic mass is 16.3. The summed E-state index contributed by atoms with van der Waals surface area (Å²) in [6.07, 6.45) is 8.06. The molecule has 5 N–H and O–H groups in total. The highest BCUT2D eigenvalue weighted by Gasteiger charge is 2.29. The van der Waals surface area contributed by atoms with Crippen LogP contribution in [0.3, 0.4) is 0 Å². The molecule has 2 aliphatic carbocycles. The molecule has 2 fully saturated rings. The number of nitrogens with zero attached hydrogens (tertiary/aromatic N) is 2. The van der Waals surface area contributed by atoms with Crippen LogP contribution in [0.15, 0.2) is 6.20 Å². The average molecular weight is 333 g/mol. The van der Waals surface area contributed by atoms with E-state index in [1.165, 1.54) is 12.6 Å². The van der Waals surface area contributed by atoms with Gasteiger partial charge in [-0.1, -0.05) is 13.3 Å². The number of carbonyl (C=O) groups excluding carboxylic acids is 1. The number of nitrogens with two attached hydrogens (primary N) is 1. The molecule has 1 aromatic heterocycles. The van der Waals surface area contributed by atoms with E-state index in [2.05, 4.69) is 27.5 Å². The number of hydrogen-bond acceptors (Lipinski definition) is 6. The third-order valence-electron chi connectivity index (χ3n) is 5.24. The lowest BCUT2D eigenvalue weighted by Gasteiger charge is -2.36. The SMILES string of the molecule is CCC1CC(Nc2nc(NC3CCC(O)CC3)ncc2C(N)=O)C1. The Hall–Kier alpha value is -1.89. The van der Waals surface area contributed by atoms with Gasteiger partial charge in [0.2, 0.25) is 5.95 Å². The summed E-state index contributed by atoms with van der Waals surface area (Å²) in [4.78, 5) is 20.3. The summed E-state index contributed by atoms with van der Waals surface area (Å²) in [5.41, 5.74) is 5.78. The largest absolute Gasteiger partial charge is 0.393 e. The van der Waals surface area contributed by atoms with Crippen LogP contribution in [0.1, 0.15) is 62.2 Å². The molecule has 0 radical (unpaired) electrons. The number of aliphatic hydroxyl groups excluding tert-OH is 1. The maximum atomic E-state index is 11.6. The fourth-order valence-corrected chi connectivity index (χ4v) is 3.52. The first-order valence-corrected chi connectivity index (χ1v) is 8.93. The molecule has 24 heavy (non-hydrogen) atoms. The van der Waals surface area contributed by atoms with E-state index in [9.17, 15) is 9.90 Å². The van der Waals surface area contributed by atoms with Crippen molar-refractivity contribution < 1.29 is 9.90 Å². The molecule has 7 heteroatoms. The predicted octanol–water partition coefficient (Wildman–Crippen LogP) is 1.89. The average Bonchev–Trinajstić information content (AvgIpc) is 2.52. The molecule has 0 aliphatic heterocycles. The van der Waals surface area contributed by atoms with E-state index >= 15 is 0 Å². The number of aliphatic hydroxyl groups is 1.